The zero-order valence-corrected chi connectivity index (χ0v) is 11.9. The molecule has 1 rings (SSSR count). The van der Waals surface area contributed by atoms with Crippen LogP contribution in [0.1, 0.15) is 32.9 Å². The number of hydrogen-bond donors (Lipinski definition) is 2. The highest BCUT2D eigenvalue weighted by molar-refractivity contribution is 5.82. The lowest BCUT2D eigenvalue weighted by atomic mass is 10.1. The number of hydrogen-bond acceptors (Lipinski definition) is 5. The fourth-order valence-corrected chi connectivity index (χ4v) is 1.86. The molecule has 0 saturated carbocycles. The molecule has 1 unspecified atom stereocenters. The molecule has 1 aromatic heterocycles. The van der Waals surface area contributed by atoms with Crippen LogP contribution in [0.3, 0.4) is 0 Å². The van der Waals surface area contributed by atoms with Gasteiger partial charge in [0, 0.05) is 30.8 Å². The van der Waals surface area contributed by atoms with Crippen LogP contribution < -0.4 is 10.6 Å². The van der Waals surface area contributed by atoms with Crippen molar-refractivity contribution >= 4 is 11.7 Å². The number of amidine groups is 1. The fraction of sp³-hybridized carbons (Fsp3) is 0.615. The summed E-state index contributed by atoms with van der Waals surface area (Å²) >= 11 is 0. The molecule has 0 aliphatic carbocycles. The van der Waals surface area contributed by atoms with Crippen molar-refractivity contribution < 1.29 is 5.21 Å². The minimum atomic E-state index is -0.0328. The van der Waals surface area contributed by atoms with Crippen molar-refractivity contribution in [1.82, 2.24) is 9.97 Å². The molecule has 0 amide bonds. The molecule has 3 N–H and O–H groups in total. The molecule has 0 bridgehead atoms. The van der Waals surface area contributed by atoms with Gasteiger partial charge in [0.05, 0.1) is 0 Å². The molecule has 106 valence electrons. The summed E-state index contributed by atoms with van der Waals surface area (Å²) in [5, 5.41) is 11.7. The van der Waals surface area contributed by atoms with Gasteiger partial charge in [-0.3, -0.25) is 0 Å². The monoisotopic (exact) mass is 265 g/mol. The Morgan fingerprint density at radius 1 is 1.47 bits per heavy atom. The summed E-state index contributed by atoms with van der Waals surface area (Å²) < 4.78 is 0. The molecule has 0 saturated heterocycles. The largest absolute Gasteiger partial charge is 0.409 e. The maximum atomic E-state index is 8.69. The third kappa shape index (κ3) is 4.39. The molecule has 0 aromatic carbocycles. The number of nitrogens with two attached hydrogens (primary N) is 1. The first kappa shape index (κ1) is 15.2. The molecule has 19 heavy (non-hydrogen) atoms. The molecule has 1 heterocycles. The van der Waals surface area contributed by atoms with Crippen LogP contribution in [0.25, 0.3) is 0 Å². The highest BCUT2D eigenvalue weighted by atomic mass is 16.4. The Balaban J connectivity index is 2.82. The van der Waals surface area contributed by atoms with Crippen LogP contribution in [-0.4, -0.2) is 34.1 Å². The normalized spacial score (nSPS) is 13.3. The van der Waals surface area contributed by atoms with Gasteiger partial charge >= 0.3 is 0 Å². The average Bonchev–Trinajstić information content (AvgIpc) is 2.44. The summed E-state index contributed by atoms with van der Waals surface area (Å²) in [4.78, 5) is 10.7. The van der Waals surface area contributed by atoms with Crippen LogP contribution in [0.15, 0.2) is 17.5 Å². The van der Waals surface area contributed by atoms with E-state index in [2.05, 4.69) is 33.9 Å². The number of anilines is 1. The number of oxime groups is 1. The third-order valence-corrected chi connectivity index (χ3v) is 3.04. The van der Waals surface area contributed by atoms with Gasteiger partial charge in [-0.25, -0.2) is 9.97 Å². The first-order valence-corrected chi connectivity index (χ1v) is 6.65. The average molecular weight is 265 g/mol. The zero-order valence-electron chi connectivity index (χ0n) is 11.9. The summed E-state index contributed by atoms with van der Waals surface area (Å²) in [6.07, 6.45) is 3.60. The van der Waals surface area contributed by atoms with Crippen molar-refractivity contribution in [3.8, 4) is 0 Å². The second-order valence-corrected chi connectivity index (χ2v) is 4.58. The maximum Gasteiger partial charge on any atom is 0.143 e. The number of aryl methyl sites for hydroxylation is 1. The van der Waals surface area contributed by atoms with Crippen LogP contribution in [0.4, 0.5) is 5.82 Å². The predicted octanol–water partition coefficient (Wildman–Crippen LogP) is 1.64. The van der Waals surface area contributed by atoms with Gasteiger partial charge in [-0.2, -0.15) is 0 Å². The van der Waals surface area contributed by atoms with E-state index in [9.17, 15) is 0 Å². The molecule has 0 radical (unpaired) electrons. The smallest absolute Gasteiger partial charge is 0.143 e. The van der Waals surface area contributed by atoms with Gasteiger partial charge in [-0.1, -0.05) is 25.4 Å². The molecular weight excluding hydrogens is 242 g/mol. The molecule has 6 heteroatoms. The highest BCUT2D eigenvalue weighted by Gasteiger charge is 2.14. The fourth-order valence-electron chi connectivity index (χ4n) is 1.86. The molecule has 1 aromatic rings. The Labute approximate surface area is 114 Å². The van der Waals surface area contributed by atoms with Crippen molar-refractivity contribution in [3.63, 3.8) is 0 Å². The van der Waals surface area contributed by atoms with Crippen LogP contribution >= 0.6 is 0 Å². The maximum absolute atomic E-state index is 8.69. The zero-order chi connectivity index (χ0) is 14.3. The van der Waals surface area contributed by atoms with Crippen molar-refractivity contribution in [2.24, 2.45) is 16.8 Å². The van der Waals surface area contributed by atoms with Crippen molar-refractivity contribution in [3.05, 3.63) is 18.1 Å². The van der Waals surface area contributed by atoms with Crippen LogP contribution in [-0.2, 0) is 6.42 Å². The van der Waals surface area contributed by atoms with Crippen LogP contribution in [0.5, 0.6) is 0 Å². The summed E-state index contributed by atoms with van der Waals surface area (Å²) in [5.41, 5.74) is 6.66. The van der Waals surface area contributed by atoms with Crippen molar-refractivity contribution in [2.45, 2.75) is 33.6 Å². The lowest BCUT2D eigenvalue weighted by Crippen LogP contribution is -2.35. The van der Waals surface area contributed by atoms with E-state index in [1.165, 1.54) is 0 Å². The highest BCUT2D eigenvalue weighted by Crippen LogP contribution is 2.14. The minimum absolute atomic E-state index is 0.0328. The number of aromatic nitrogens is 2. The second-order valence-electron chi connectivity index (χ2n) is 4.58. The summed E-state index contributed by atoms with van der Waals surface area (Å²) in [7, 11) is 0. The SMILES string of the molecule is CCCc1cc(N(CC)CC(C)C(N)=NO)ncn1. The van der Waals surface area contributed by atoms with E-state index in [4.69, 9.17) is 10.9 Å². The van der Waals surface area contributed by atoms with Gasteiger partial charge in [0.2, 0.25) is 0 Å². The third-order valence-electron chi connectivity index (χ3n) is 3.04. The molecule has 6 nitrogen and oxygen atoms in total. The molecule has 1 atom stereocenters. The first-order chi connectivity index (χ1) is 9.12. The van der Waals surface area contributed by atoms with Gasteiger partial charge < -0.3 is 15.8 Å². The Morgan fingerprint density at radius 2 is 2.21 bits per heavy atom. The second kappa shape index (κ2) is 7.56. The summed E-state index contributed by atoms with van der Waals surface area (Å²) in [6, 6.07) is 2.01. The Morgan fingerprint density at radius 3 is 2.79 bits per heavy atom. The lowest BCUT2D eigenvalue weighted by molar-refractivity contribution is 0.314. The minimum Gasteiger partial charge on any atom is -0.409 e. The number of rotatable bonds is 7. The Hall–Kier alpha value is -1.85. The van der Waals surface area contributed by atoms with Crippen LogP contribution in [0, 0.1) is 5.92 Å². The topological polar surface area (TPSA) is 87.6 Å². The van der Waals surface area contributed by atoms with E-state index in [0.717, 1.165) is 30.9 Å². The van der Waals surface area contributed by atoms with Gasteiger partial charge in [-0.05, 0) is 13.3 Å². The van der Waals surface area contributed by atoms with E-state index < -0.39 is 0 Å². The summed E-state index contributed by atoms with van der Waals surface area (Å²) in [5.74, 6) is 1.09. The van der Waals surface area contributed by atoms with Crippen molar-refractivity contribution in [2.75, 3.05) is 18.0 Å². The van der Waals surface area contributed by atoms with Crippen molar-refractivity contribution in [1.29, 1.82) is 0 Å². The van der Waals surface area contributed by atoms with E-state index in [1.54, 1.807) is 6.33 Å². The summed E-state index contributed by atoms with van der Waals surface area (Å²) in [6.45, 7) is 7.58. The van der Waals surface area contributed by atoms with Crippen LogP contribution in [0.2, 0.25) is 0 Å². The Bertz CT molecular complexity index is 421. The molecule has 0 aliphatic rings. The molecule has 0 aliphatic heterocycles. The van der Waals surface area contributed by atoms with E-state index in [0.29, 0.717) is 6.54 Å². The molecular formula is C13H23N5O. The first-order valence-electron chi connectivity index (χ1n) is 6.65. The van der Waals surface area contributed by atoms with E-state index in [-0.39, 0.29) is 11.8 Å². The Kier molecular flexibility index (Phi) is 6.05. The van der Waals surface area contributed by atoms with E-state index in [1.807, 2.05) is 13.0 Å². The van der Waals surface area contributed by atoms with Gasteiger partial charge in [0.15, 0.2) is 0 Å². The standard InChI is InChI=1S/C13H23N5O/c1-4-6-11-7-12(16-9-15-11)18(5-2)8-10(3)13(14)17-19/h7,9-10,19H,4-6,8H2,1-3H3,(H2,14,17). The number of nitrogens with zero attached hydrogens (tertiary/aromatic N) is 4. The lowest BCUT2D eigenvalue weighted by Gasteiger charge is -2.25. The van der Waals surface area contributed by atoms with Gasteiger partial charge in [0.25, 0.3) is 0 Å². The van der Waals surface area contributed by atoms with Gasteiger partial charge in [0.1, 0.15) is 18.0 Å². The predicted molar refractivity (Wildman–Crippen MR) is 76.5 cm³/mol. The molecule has 0 spiro atoms. The molecule has 0 fully saturated rings. The quantitative estimate of drug-likeness (QED) is 0.339. The van der Waals surface area contributed by atoms with Gasteiger partial charge in [-0.15, -0.1) is 0 Å². The van der Waals surface area contributed by atoms with E-state index >= 15 is 0 Å².